The number of nitrogens with zero attached hydrogens (tertiary/aromatic N) is 4. The second-order valence-corrected chi connectivity index (χ2v) is 8.91. The summed E-state index contributed by atoms with van der Waals surface area (Å²) in [5, 5.41) is 10.5. The minimum absolute atomic E-state index is 0.00413. The molecule has 9 nitrogen and oxygen atoms in total. The molecule has 4 amide bonds. The summed E-state index contributed by atoms with van der Waals surface area (Å²) in [5.74, 6) is 0.657. The van der Waals surface area contributed by atoms with Gasteiger partial charge >= 0.3 is 12.1 Å². The van der Waals surface area contributed by atoms with E-state index in [2.05, 4.69) is 10.3 Å². The lowest BCUT2D eigenvalue weighted by Crippen LogP contribution is -2.43. The summed E-state index contributed by atoms with van der Waals surface area (Å²) in [5.41, 5.74) is 5.33. The molecule has 9 heteroatoms. The molecule has 1 saturated heterocycles. The minimum atomic E-state index is -0.472. The maximum atomic E-state index is 13.6. The molecule has 1 atom stereocenters. The second-order valence-electron chi connectivity index (χ2n) is 8.91. The van der Waals surface area contributed by atoms with Gasteiger partial charge in [-0.1, -0.05) is 31.2 Å². The Morgan fingerprint density at radius 2 is 1.95 bits per heavy atom. The Labute approximate surface area is 217 Å². The number of methoxy groups -OCH3 is 1. The predicted octanol–water partition coefficient (Wildman–Crippen LogP) is 5.18. The van der Waals surface area contributed by atoms with E-state index in [1.807, 2.05) is 68.1 Å². The van der Waals surface area contributed by atoms with Gasteiger partial charge in [0.25, 0.3) is 6.02 Å². The van der Waals surface area contributed by atoms with E-state index in [0.29, 0.717) is 24.5 Å². The van der Waals surface area contributed by atoms with E-state index in [1.54, 1.807) is 23.2 Å². The number of rotatable bonds is 5. The zero-order chi connectivity index (χ0) is 26.7. The van der Waals surface area contributed by atoms with E-state index in [9.17, 15) is 9.59 Å². The number of ether oxygens (including phenoxy) is 1. The Balaban J connectivity index is 1.68. The number of nitrogens with one attached hydrogen (secondary N) is 2. The summed E-state index contributed by atoms with van der Waals surface area (Å²) in [6, 6.07) is 16.4. The highest BCUT2D eigenvalue weighted by Gasteiger charge is 2.38. The summed E-state index contributed by atoms with van der Waals surface area (Å²) < 4.78 is 4.98. The third-order valence-electron chi connectivity index (χ3n) is 6.50. The second kappa shape index (κ2) is 10.7. The van der Waals surface area contributed by atoms with Crippen LogP contribution < -0.4 is 20.0 Å². The van der Waals surface area contributed by atoms with Gasteiger partial charge in [-0.25, -0.2) is 19.5 Å². The largest absolute Gasteiger partial charge is 0.468 e. The molecule has 0 spiro atoms. The number of carbonyl (C=O) groups excluding carboxylic acids is 2. The van der Waals surface area contributed by atoms with E-state index in [0.717, 1.165) is 32.8 Å². The van der Waals surface area contributed by atoms with Crippen molar-refractivity contribution in [1.29, 1.82) is 5.41 Å². The molecule has 4 rings (SSSR count). The van der Waals surface area contributed by atoms with Crippen molar-refractivity contribution in [2.75, 3.05) is 35.4 Å². The van der Waals surface area contributed by atoms with Crippen molar-refractivity contribution in [3.8, 4) is 11.1 Å². The Morgan fingerprint density at radius 1 is 1.22 bits per heavy atom. The zero-order valence-corrected chi connectivity index (χ0v) is 21.8. The van der Waals surface area contributed by atoms with Crippen LogP contribution in [0.25, 0.3) is 11.1 Å². The van der Waals surface area contributed by atoms with Gasteiger partial charge in [-0.05, 0) is 67.3 Å². The predicted molar refractivity (Wildman–Crippen MR) is 147 cm³/mol. The van der Waals surface area contributed by atoms with Gasteiger partial charge in [0.1, 0.15) is 5.82 Å². The molecule has 1 aliphatic heterocycles. The molecule has 3 aromatic rings. The van der Waals surface area contributed by atoms with Gasteiger partial charge in [0, 0.05) is 31.0 Å². The van der Waals surface area contributed by atoms with Crippen molar-refractivity contribution in [1.82, 2.24) is 10.3 Å². The maximum Gasteiger partial charge on any atom is 0.330 e. The fraction of sp³-hybridized carbons (Fsp3) is 0.286. The highest BCUT2D eigenvalue weighted by Crippen LogP contribution is 2.35. The monoisotopic (exact) mass is 500 g/mol. The highest BCUT2D eigenvalue weighted by atomic mass is 16.5. The third kappa shape index (κ3) is 4.84. The molecule has 0 aliphatic carbocycles. The van der Waals surface area contributed by atoms with Crippen molar-refractivity contribution in [3.63, 3.8) is 0 Å². The Bertz CT molecular complexity index is 1310. The van der Waals surface area contributed by atoms with Gasteiger partial charge < -0.3 is 10.1 Å². The van der Waals surface area contributed by atoms with Crippen molar-refractivity contribution < 1.29 is 14.3 Å². The smallest absolute Gasteiger partial charge is 0.330 e. The lowest BCUT2D eigenvalue weighted by Gasteiger charge is -2.23. The van der Waals surface area contributed by atoms with Gasteiger partial charge in [0.05, 0.1) is 18.8 Å². The first-order chi connectivity index (χ1) is 17.8. The maximum absolute atomic E-state index is 13.6. The van der Waals surface area contributed by atoms with Crippen molar-refractivity contribution in [2.24, 2.45) is 0 Å². The van der Waals surface area contributed by atoms with Crippen LogP contribution in [0.3, 0.4) is 0 Å². The average molecular weight is 501 g/mol. The highest BCUT2D eigenvalue weighted by molar-refractivity contribution is 6.12. The lowest BCUT2D eigenvalue weighted by atomic mass is 9.98. The molecule has 1 aliphatic rings. The number of hydrogen-bond acceptors (Lipinski definition) is 5. The van der Waals surface area contributed by atoms with Crippen molar-refractivity contribution >= 4 is 35.3 Å². The lowest BCUT2D eigenvalue weighted by molar-refractivity contribution is 0.248. The molecule has 2 aromatic carbocycles. The van der Waals surface area contributed by atoms with E-state index >= 15 is 0 Å². The molecule has 2 heterocycles. The van der Waals surface area contributed by atoms with E-state index in [4.69, 9.17) is 10.1 Å². The molecule has 2 N–H and O–H groups in total. The zero-order valence-electron chi connectivity index (χ0n) is 21.8. The van der Waals surface area contributed by atoms with Gasteiger partial charge in [-0.2, -0.15) is 0 Å². The minimum Gasteiger partial charge on any atom is -0.468 e. The average Bonchev–Trinajstić information content (AvgIpc) is 3.21. The third-order valence-corrected chi connectivity index (χ3v) is 6.50. The molecular weight excluding hydrogens is 468 g/mol. The van der Waals surface area contributed by atoms with Gasteiger partial charge in [-0.15, -0.1) is 0 Å². The van der Waals surface area contributed by atoms with Crippen molar-refractivity contribution in [2.45, 2.75) is 33.2 Å². The number of benzene rings is 2. The standard InChI is InChI=1S/C28H32N6O3/c1-6-23-24(20-10-12-21(13-11-20)34(26(29)37-5)27(35)30-4)14-15-31-25(23)32-17-19(3)33(28(32)36)22-9-7-8-18(2)16-22/h7-16,19,29H,6,17H2,1-5H3,(H,30,35). The molecule has 1 fully saturated rings. The van der Waals surface area contributed by atoms with Crippen LogP contribution in [0.1, 0.15) is 25.0 Å². The van der Waals surface area contributed by atoms with Crippen LogP contribution in [-0.2, 0) is 11.2 Å². The molecule has 37 heavy (non-hydrogen) atoms. The SMILES string of the molecule is CCc1c(-c2ccc(N(C(=N)OC)C(=O)NC)cc2)ccnc1N1CC(C)N(c2cccc(C)c2)C1=O. The molecule has 0 bridgehead atoms. The molecule has 1 aromatic heterocycles. The molecule has 0 saturated carbocycles. The Morgan fingerprint density at radius 3 is 2.57 bits per heavy atom. The number of hydrogen-bond donors (Lipinski definition) is 2. The summed E-state index contributed by atoms with van der Waals surface area (Å²) >= 11 is 0. The number of urea groups is 2. The van der Waals surface area contributed by atoms with Crippen LogP contribution in [0, 0.1) is 12.3 Å². The summed E-state index contributed by atoms with van der Waals surface area (Å²) in [4.78, 5) is 35.3. The van der Waals surface area contributed by atoms with Crippen LogP contribution in [0.2, 0.25) is 0 Å². The number of amides is 4. The van der Waals surface area contributed by atoms with Gasteiger partial charge in [0.2, 0.25) is 0 Å². The quantitative estimate of drug-likeness (QED) is 0.372. The van der Waals surface area contributed by atoms with E-state index in [1.165, 1.54) is 14.2 Å². The van der Waals surface area contributed by atoms with Crippen LogP contribution >= 0.6 is 0 Å². The first-order valence-corrected chi connectivity index (χ1v) is 12.2. The number of aryl methyl sites for hydroxylation is 1. The van der Waals surface area contributed by atoms with Gasteiger partial charge in [0.15, 0.2) is 0 Å². The van der Waals surface area contributed by atoms with Crippen molar-refractivity contribution in [3.05, 3.63) is 71.9 Å². The number of aromatic nitrogens is 1. The van der Waals surface area contributed by atoms with Crippen LogP contribution in [-0.4, -0.2) is 49.8 Å². The fourth-order valence-electron chi connectivity index (χ4n) is 4.72. The van der Waals surface area contributed by atoms with Crippen LogP contribution in [0.5, 0.6) is 0 Å². The summed E-state index contributed by atoms with van der Waals surface area (Å²) in [6.45, 7) is 6.65. The first-order valence-electron chi connectivity index (χ1n) is 12.2. The van der Waals surface area contributed by atoms with Crippen LogP contribution in [0.15, 0.2) is 60.8 Å². The molecule has 0 radical (unpaired) electrons. The number of anilines is 3. The van der Waals surface area contributed by atoms with E-state index in [-0.39, 0.29) is 18.1 Å². The topological polar surface area (TPSA) is 102 Å². The van der Waals surface area contributed by atoms with Crippen LogP contribution in [0.4, 0.5) is 26.8 Å². The normalized spacial score (nSPS) is 15.1. The Hall–Kier alpha value is -4.40. The molecule has 1 unspecified atom stereocenters. The number of carbonyl (C=O) groups is 2. The number of pyridine rings is 1. The van der Waals surface area contributed by atoms with Gasteiger partial charge in [-0.3, -0.25) is 15.2 Å². The molecular formula is C28H32N6O3. The first kappa shape index (κ1) is 25.7. The summed E-state index contributed by atoms with van der Waals surface area (Å²) in [7, 11) is 2.85. The molecule has 192 valence electrons. The summed E-state index contributed by atoms with van der Waals surface area (Å²) in [6.07, 6.45) is 2.41. The van der Waals surface area contributed by atoms with E-state index < -0.39 is 6.03 Å². The number of amidine groups is 1. The fourth-order valence-corrected chi connectivity index (χ4v) is 4.72. The Kier molecular flexibility index (Phi) is 7.42.